The van der Waals surface area contributed by atoms with Crippen LogP contribution in [0.5, 0.6) is 11.5 Å². The zero-order valence-electron chi connectivity index (χ0n) is 30.4. The van der Waals surface area contributed by atoms with Crippen molar-refractivity contribution in [2.24, 2.45) is 0 Å². The first-order chi connectivity index (χ1) is 25.2. The van der Waals surface area contributed by atoms with Crippen molar-refractivity contribution in [2.75, 3.05) is 26.4 Å². The molecule has 0 N–H and O–H groups in total. The maximum Gasteiger partial charge on any atom is 0.305 e. The highest BCUT2D eigenvalue weighted by atomic mass is 127. The van der Waals surface area contributed by atoms with Crippen LogP contribution in [0.1, 0.15) is 141 Å². The Hall–Kier alpha value is 1.36. The normalized spacial score (nSPS) is 11.1. The van der Waals surface area contributed by atoms with Gasteiger partial charge in [0.2, 0.25) is 0 Å². The van der Waals surface area contributed by atoms with E-state index >= 15 is 0 Å². The lowest BCUT2D eigenvalue weighted by Crippen LogP contribution is -2.08. The molecule has 0 atom stereocenters. The molecule has 52 heavy (non-hydrogen) atoms. The molecular weight excluding hydrogens is 1340 g/mol. The predicted molar refractivity (Wildman–Crippen MR) is 264 cm³/mol. The minimum absolute atomic E-state index is 0.110. The number of benzene rings is 2. The van der Waals surface area contributed by atoms with Crippen molar-refractivity contribution in [2.45, 2.75) is 141 Å². The molecule has 0 saturated carbocycles. The smallest absolute Gasteiger partial charge is 0.305 e. The Labute approximate surface area is 395 Å². The summed E-state index contributed by atoms with van der Waals surface area (Å²) in [7, 11) is 0. The Kier molecular flexibility index (Phi) is 30.8. The van der Waals surface area contributed by atoms with Gasteiger partial charge in [-0.25, -0.2) is 0 Å². The fourth-order valence-corrected chi connectivity index (χ4v) is 13.4. The molecule has 294 valence electrons. The average Bonchev–Trinajstić information content (AvgIpc) is 3.09. The Bertz CT molecular complexity index is 1150. The number of unbranched alkanes of at least 4 members (excludes halogenated alkanes) is 17. The Morgan fingerprint density at radius 2 is 0.615 bits per heavy atom. The first kappa shape index (κ1) is 49.5. The van der Waals surface area contributed by atoms with Crippen molar-refractivity contribution in [1.82, 2.24) is 0 Å². The Morgan fingerprint density at radius 1 is 0.365 bits per heavy atom. The van der Waals surface area contributed by atoms with Crippen LogP contribution in [0.25, 0.3) is 0 Å². The van der Waals surface area contributed by atoms with Gasteiger partial charge < -0.3 is 18.9 Å². The fourth-order valence-electron chi connectivity index (χ4n) is 5.62. The molecule has 0 bridgehead atoms. The second-order valence-electron chi connectivity index (χ2n) is 13.1. The van der Waals surface area contributed by atoms with Crippen LogP contribution in [0.4, 0.5) is 0 Å². The van der Waals surface area contributed by atoms with Crippen molar-refractivity contribution in [3.63, 3.8) is 0 Å². The molecule has 0 radical (unpaired) electrons. The highest BCUT2D eigenvalue weighted by Crippen LogP contribution is 2.31. The van der Waals surface area contributed by atoms with Gasteiger partial charge in [0.25, 0.3) is 0 Å². The van der Waals surface area contributed by atoms with Gasteiger partial charge >= 0.3 is 11.9 Å². The minimum atomic E-state index is -0.110. The van der Waals surface area contributed by atoms with Crippen LogP contribution in [0.2, 0.25) is 0 Å². The van der Waals surface area contributed by atoms with Crippen molar-refractivity contribution in [1.29, 1.82) is 0 Å². The van der Waals surface area contributed by atoms with Gasteiger partial charge in [-0.15, -0.1) is 0 Å². The topological polar surface area (TPSA) is 71.1 Å². The summed E-state index contributed by atoms with van der Waals surface area (Å²) in [6.07, 6.45) is 23.4. The summed E-state index contributed by atoms with van der Waals surface area (Å²) >= 11 is 14.1. The van der Waals surface area contributed by atoms with Crippen molar-refractivity contribution < 1.29 is 28.5 Å². The molecule has 0 aliphatic carbocycles. The van der Waals surface area contributed by atoms with Crippen LogP contribution in [0.3, 0.4) is 0 Å². The lowest BCUT2D eigenvalue weighted by molar-refractivity contribution is -0.146. The molecule has 0 spiro atoms. The molecule has 2 rings (SSSR count). The number of rotatable bonds is 31. The molecule has 0 fully saturated rings. The third kappa shape index (κ3) is 24.9. The van der Waals surface area contributed by atoms with E-state index in [-0.39, 0.29) is 11.9 Å². The van der Waals surface area contributed by atoms with Crippen LogP contribution < -0.4 is 9.47 Å². The Morgan fingerprint density at radius 3 is 0.923 bits per heavy atom. The monoisotopic (exact) mass is 1390 g/mol. The third-order valence-corrected chi connectivity index (χ3v) is 13.0. The van der Waals surface area contributed by atoms with Gasteiger partial charge in [-0.2, -0.15) is 0 Å². The first-order valence-corrected chi connectivity index (χ1v) is 25.5. The summed E-state index contributed by atoms with van der Waals surface area (Å²) in [5.41, 5.74) is 0. The maximum absolute atomic E-state index is 12.0. The molecule has 0 aliphatic heterocycles. The number of ether oxygens (including phenoxy) is 4. The standard InChI is InChI=1S/C40H56I6O6/c41-31-27-33(43)39(34(44)28-31)51-25-17-13-9-5-1-3-7-11-15-21-37(47)49-23-19-20-24-50-38(48)22-16-12-8-4-2-6-10-14-18-26-52-40-35(45)29-32(42)30-36(40)46/h27-30H,1-26H2. The average molecular weight is 1390 g/mol. The number of hydrogen-bond donors (Lipinski definition) is 0. The first-order valence-electron chi connectivity index (χ1n) is 19.0. The predicted octanol–water partition coefficient (Wildman–Crippen LogP) is 14.4. The quantitative estimate of drug-likeness (QED) is 0.0426. The molecule has 0 unspecified atom stereocenters. The van der Waals surface area contributed by atoms with Gasteiger partial charge in [0.05, 0.1) is 40.7 Å². The number of esters is 2. The second-order valence-corrected chi connectivity index (χ2v) is 20.2. The van der Waals surface area contributed by atoms with E-state index in [0.29, 0.717) is 26.1 Å². The van der Waals surface area contributed by atoms with E-state index in [0.717, 1.165) is 76.1 Å². The van der Waals surface area contributed by atoms with Gasteiger partial charge in [-0.1, -0.05) is 89.9 Å². The van der Waals surface area contributed by atoms with Gasteiger partial charge in [0.1, 0.15) is 11.5 Å². The van der Waals surface area contributed by atoms with Crippen molar-refractivity contribution >= 4 is 147 Å². The minimum Gasteiger partial charge on any atom is -0.491 e. The summed E-state index contributed by atoms with van der Waals surface area (Å²) in [5, 5.41) is 0. The van der Waals surface area contributed by atoms with Gasteiger partial charge in [-0.05, 0) is 198 Å². The van der Waals surface area contributed by atoms with E-state index in [9.17, 15) is 9.59 Å². The number of halogens is 6. The molecular formula is C40H56I6O6. The second kappa shape index (κ2) is 32.3. The fraction of sp³-hybridized carbons (Fsp3) is 0.650. The number of hydrogen-bond acceptors (Lipinski definition) is 6. The van der Waals surface area contributed by atoms with Crippen molar-refractivity contribution in [3.8, 4) is 11.5 Å². The lowest BCUT2D eigenvalue weighted by atomic mass is 10.1. The van der Waals surface area contributed by atoms with Crippen molar-refractivity contribution in [3.05, 3.63) is 45.7 Å². The molecule has 0 heterocycles. The lowest BCUT2D eigenvalue weighted by Gasteiger charge is -2.11. The van der Waals surface area contributed by atoms with Crippen LogP contribution in [0, 0.1) is 21.4 Å². The molecule has 0 amide bonds. The highest BCUT2D eigenvalue weighted by Gasteiger charge is 2.10. The van der Waals surface area contributed by atoms with E-state index in [4.69, 9.17) is 18.9 Å². The largest absolute Gasteiger partial charge is 0.491 e. The molecule has 12 heteroatoms. The summed E-state index contributed by atoms with van der Waals surface area (Å²) in [6, 6.07) is 8.63. The third-order valence-electron chi connectivity index (χ3n) is 8.53. The summed E-state index contributed by atoms with van der Waals surface area (Å²) in [4.78, 5) is 24.0. The van der Waals surface area contributed by atoms with E-state index in [1.807, 2.05) is 0 Å². The van der Waals surface area contributed by atoms with Gasteiger partial charge in [0.15, 0.2) is 0 Å². The SMILES string of the molecule is O=C(CCCCCCCCCCCOc1c(I)cc(I)cc1I)OCCCCOC(=O)CCCCCCCCCCCOc1c(I)cc(I)cc1I. The van der Waals surface area contributed by atoms with E-state index in [2.05, 4.69) is 160 Å². The summed E-state index contributed by atoms with van der Waals surface area (Å²) < 4.78 is 30.0. The van der Waals surface area contributed by atoms with E-state index < -0.39 is 0 Å². The van der Waals surface area contributed by atoms with Gasteiger partial charge in [0, 0.05) is 20.0 Å². The summed E-state index contributed by atoms with van der Waals surface area (Å²) in [6.45, 7) is 2.38. The van der Waals surface area contributed by atoms with Gasteiger partial charge in [-0.3, -0.25) is 9.59 Å². The number of carbonyl (C=O) groups excluding carboxylic acids is 2. The number of carbonyl (C=O) groups is 2. The Balaban J connectivity index is 1.26. The van der Waals surface area contributed by atoms with Crippen LogP contribution in [-0.4, -0.2) is 38.4 Å². The molecule has 0 aliphatic rings. The highest BCUT2D eigenvalue weighted by molar-refractivity contribution is 14.1. The zero-order chi connectivity index (χ0) is 37.8. The van der Waals surface area contributed by atoms with Crippen LogP contribution in [-0.2, 0) is 19.1 Å². The molecule has 2 aromatic rings. The van der Waals surface area contributed by atoms with E-state index in [1.54, 1.807) is 0 Å². The molecule has 0 saturated heterocycles. The molecule has 6 nitrogen and oxygen atoms in total. The zero-order valence-corrected chi connectivity index (χ0v) is 43.4. The summed E-state index contributed by atoms with van der Waals surface area (Å²) in [5.74, 6) is 1.83. The molecule has 2 aromatic carbocycles. The maximum atomic E-state index is 12.0. The van der Waals surface area contributed by atoms with E-state index in [1.165, 1.54) is 98.5 Å². The van der Waals surface area contributed by atoms with Crippen LogP contribution in [0.15, 0.2) is 24.3 Å². The molecule has 0 aromatic heterocycles. The van der Waals surface area contributed by atoms with Crippen LogP contribution >= 0.6 is 136 Å².